The molecule has 2 aliphatic heterocycles. The molecule has 116 valence electrons. The van der Waals surface area contributed by atoms with Gasteiger partial charge in [-0.25, -0.2) is 0 Å². The highest BCUT2D eigenvalue weighted by molar-refractivity contribution is 5.82. The highest BCUT2D eigenvalue weighted by atomic mass is 16.2. The minimum Gasteiger partial charge on any atom is -0.341 e. The summed E-state index contributed by atoms with van der Waals surface area (Å²) < 4.78 is 0. The summed E-state index contributed by atoms with van der Waals surface area (Å²) in [4.78, 5) is 19.6. The smallest absolute Gasteiger partial charge is 0.240 e. The first kappa shape index (κ1) is 15.7. The minimum absolute atomic E-state index is 0.0398. The molecule has 1 atom stereocenters. The predicted molar refractivity (Wildman–Crippen MR) is 81.5 cm³/mol. The quantitative estimate of drug-likeness (QED) is 0.804. The molecule has 2 rings (SSSR count). The van der Waals surface area contributed by atoms with E-state index in [9.17, 15) is 4.79 Å². The average molecular weight is 282 g/mol. The lowest BCUT2D eigenvalue weighted by Gasteiger charge is -2.42. The normalized spacial score (nSPS) is 25.1. The number of carbonyl (C=O) groups excluding carboxylic acids is 1. The van der Waals surface area contributed by atoms with Crippen LogP contribution < -0.4 is 5.73 Å². The fourth-order valence-electron chi connectivity index (χ4n) is 3.27. The molecule has 1 unspecified atom stereocenters. The second kappa shape index (κ2) is 6.87. The van der Waals surface area contributed by atoms with Crippen LogP contribution in [0.3, 0.4) is 0 Å². The number of amides is 1. The van der Waals surface area contributed by atoms with Crippen molar-refractivity contribution in [2.45, 2.75) is 38.8 Å². The largest absolute Gasteiger partial charge is 0.341 e. The summed E-state index contributed by atoms with van der Waals surface area (Å²) in [5.41, 5.74) is 5.94. The molecule has 2 N–H and O–H groups in total. The van der Waals surface area contributed by atoms with Gasteiger partial charge < -0.3 is 15.5 Å². The van der Waals surface area contributed by atoms with E-state index in [4.69, 9.17) is 5.73 Å². The molecule has 0 aromatic rings. The number of nitrogens with two attached hydrogens (primary N) is 1. The number of hydrogen-bond acceptors (Lipinski definition) is 4. The summed E-state index contributed by atoms with van der Waals surface area (Å²) >= 11 is 0. The molecule has 0 aromatic carbocycles. The zero-order chi connectivity index (χ0) is 14.7. The topological polar surface area (TPSA) is 52.8 Å². The summed E-state index contributed by atoms with van der Waals surface area (Å²) in [6, 6.07) is 0.318. The van der Waals surface area contributed by atoms with Gasteiger partial charge in [0, 0.05) is 45.3 Å². The maximum Gasteiger partial charge on any atom is 0.240 e. The fraction of sp³-hybridized carbons (Fsp3) is 0.933. The van der Waals surface area contributed by atoms with Crippen molar-refractivity contribution < 1.29 is 4.79 Å². The Kier molecular flexibility index (Phi) is 5.41. The lowest BCUT2D eigenvalue weighted by molar-refractivity contribution is -0.140. The summed E-state index contributed by atoms with van der Waals surface area (Å²) in [6.07, 6.45) is 1.89. The van der Waals surface area contributed by atoms with E-state index in [1.54, 1.807) is 0 Å². The van der Waals surface area contributed by atoms with Crippen LogP contribution in [-0.4, -0.2) is 79.0 Å². The molecule has 1 amide bonds. The molecule has 0 bridgehead atoms. The van der Waals surface area contributed by atoms with Gasteiger partial charge in [0.2, 0.25) is 5.91 Å². The van der Waals surface area contributed by atoms with Crippen LogP contribution in [-0.2, 0) is 4.79 Å². The van der Waals surface area contributed by atoms with Gasteiger partial charge in [-0.3, -0.25) is 9.69 Å². The van der Waals surface area contributed by atoms with Gasteiger partial charge in [-0.1, -0.05) is 13.8 Å². The third-order valence-electron chi connectivity index (χ3n) is 4.67. The van der Waals surface area contributed by atoms with Gasteiger partial charge in [0.1, 0.15) is 0 Å². The van der Waals surface area contributed by atoms with Crippen molar-refractivity contribution >= 4 is 5.91 Å². The van der Waals surface area contributed by atoms with E-state index in [2.05, 4.69) is 30.7 Å². The number of hydrogen-bond donors (Lipinski definition) is 1. The lowest BCUT2D eigenvalue weighted by atomic mass is 9.98. The Morgan fingerprint density at radius 1 is 1.05 bits per heavy atom. The zero-order valence-corrected chi connectivity index (χ0v) is 13.2. The first-order valence-electron chi connectivity index (χ1n) is 7.96. The Labute approximate surface area is 123 Å². The molecule has 0 aromatic heterocycles. The first-order chi connectivity index (χ1) is 9.49. The Morgan fingerprint density at radius 2 is 1.60 bits per heavy atom. The van der Waals surface area contributed by atoms with E-state index >= 15 is 0 Å². The monoisotopic (exact) mass is 282 g/mol. The molecule has 20 heavy (non-hydrogen) atoms. The van der Waals surface area contributed by atoms with Gasteiger partial charge in [-0.15, -0.1) is 0 Å². The molecular formula is C15H30N4O. The molecule has 2 fully saturated rings. The molecule has 0 aliphatic carbocycles. The van der Waals surface area contributed by atoms with Crippen LogP contribution in [0.5, 0.6) is 0 Å². The summed E-state index contributed by atoms with van der Waals surface area (Å²) in [6.45, 7) is 10.1. The molecular weight excluding hydrogens is 252 g/mol. The van der Waals surface area contributed by atoms with E-state index in [1.807, 2.05) is 4.90 Å². The summed E-state index contributed by atoms with van der Waals surface area (Å²) in [7, 11) is 2.15. The maximum absolute atomic E-state index is 12.9. The SMILES string of the molecule is CC(C)C(C(=O)N1CCC(N)CC1)N1CCN(C)CC1. The molecule has 5 heteroatoms. The molecule has 0 saturated carbocycles. The molecule has 2 aliphatic rings. The van der Waals surface area contributed by atoms with Gasteiger partial charge in [0.15, 0.2) is 0 Å². The van der Waals surface area contributed by atoms with E-state index < -0.39 is 0 Å². The number of carbonyl (C=O) groups is 1. The average Bonchev–Trinajstić information content (AvgIpc) is 2.41. The fourth-order valence-corrected chi connectivity index (χ4v) is 3.27. The number of rotatable bonds is 3. The first-order valence-corrected chi connectivity index (χ1v) is 7.96. The van der Waals surface area contributed by atoms with Gasteiger partial charge in [0.25, 0.3) is 0 Å². The third-order valence-corrected chi connectivity index (χ3v) is 4.67. The molecule has 5 nitrogen and oxygen atoms in total. The minimum atomic E-state index is 0.0398. The molecule has 2 saturated heterocycles. The van der Waals surface area contributed by atoms with Crippen molar-refractivity contribution in [2.75, 3.05) is 46.3 Å². The van der Waals surface area contributed by atoms with E-state index in [0.717, 1.165) is 52.1 Å². The maximum atomic E-state index is 12.9. The summed E-state index contributed by atoms with van der Waals surface area (Å²) in [5.74, 6) is 0.679. The highest BCUT2D eigenvalue weighted by Gasteiger charge is 2.34. The van der Waals surface area contributed by atoms with Crippen LogP contribution in [0, 0.1) is 5.92 Å². The zero-order valence-electron chi connectivity index (χ0n) is 13.2. The van der Waals surface area contributed by atoms with Crippen molar-refractivity contribution in [2.24, 2.45) is 11.7 Å². The number of likely N-dealkylation sites (tertiary alicyclic amines) is 1. The van der Waals surface area contributed by atoms with Gasteiger partial charge in [-0.05, 0) is 25.8 Å². The number of piperazine rings is 1. The second-order valence-electron chi connectivity index (χ2n) is 6.69. The number of nitrogens with zero attached hydrogens (tertiary/aromatic N) is 3. The van der Waals surface area contributed by atoms with Crippen LogP contribution in [0.15, 0.2) is 0 Å². The lowest BCUT2D eigenvalue weighted by Crippen LogP contribution is -2.58. The Hall–Kier alpha value is -0.650. The molecule has 0 radical (unpaired) electrons. The van der Waals surface area contributed by atoms with Gasteiger partial charge in [0.05, 0.1) is 6.04 Å². The van der Waals surface area contributed by atoms with Crippen LogP contribution in [0.4, 0.5) is 0 Å². The molecule has 0 spiro atoms. The van der Waals surface area contributed by atoms with Crippen molar-refractivity contribution in [1.29, 1.82) is 0 Å². The van der Waals surface area contributed by atoms with E-state index in [-0.39, 0.29) is 12.1 Å². The van der Waals surface area contributed by atoms with Crippen LogP contribution in [0.2, 0.25) is 0 Å². The van der Waals surface area contributed by atoms with Crippen LogP contribution in [0.1, 0.15) is 26.7 Å². The van der Waals surface area contributed by atoms with Crippen LogP contribution >= 0.6 is 0 Å². The van der Waals surface area contributed by atoms with Gasteiger partial charge >= 0.3 is 0 Å². The van der Waals surface area contributed by atoms with Gasteiger partial charge in [-0.2, -0.15) is 0 Å². The summed E-state index contributed by atoms with van der Waals surface area (Å²) in [5, 5.41) is 0. The van der Waals surface area contributed by atoms with Crippen LogP contribution in [0.25, 0.3) is 0 Å². The Bertz CT molecular complexity index is 318. The van der Waals surface area contributed by atoms with Crippen molar-refractivity contribution in [3.63, 3.8) is 0 Å². The Morgan fingerprint density at radius 3 is 2.10 bits per heavy atom. The number of piperidine rings is 1. The third kappa shape index (κ3) is 3.71. The van der Waals surface area contributed by atoms with Crippen molar-refractivity contribution in [1.82, 2.24) is 14.7 Å². The van der Waals surface area contributed by atoms with Crippen molar-refractivity contribution in [3.05, 3.63) is 0 Å². The Balaban J connectivity index is 1.99. The van der Waals surface area contributed by atoms with Crippen molar-refractivity contribution in [3.8, 4) is 0 Å². The molecule has 2 heterocycles. The van der Waals surface area contributed by atoms with E-state index in [0.29, 0.717) is 11.8 Å². The second-order valence-corrected chi connectivity index (χ2v) is 6.69. The number of likely N-dealkylation sites (N-methyl/N-ethyl adjacent to an activating group) is 1. The van der Waals surface area contributed by atoms with E-state index in [1.165, 1.54) is 0 Å². The predicted octanol–water partition coefficient (Wildman–Crippen LogP) is 0.208. The highest BCUT2D eigenvalue weighted by Crippen LogP contribution is 2.18. The standard InChI is InChI=1S/C15H30N4O/c1-12(2)14(18-10-8-17(3)9-11-18)15(20)19-6-4-13(16)5-7-19/h12-14H,4-11,16H2,1-3H3.